The molecule has 0 saturated carbocycles. The van der Waals surface area contributed by atoms with Crippen LogP contribution in [-0.4, -0.2) is 42.7 Å². The second kappa shape index (κ2) is 8.49. The highest BCUT2D eigenvalue weighted by atomic mass is 16.5. The molecule has 1 aliphatic heterocycles. The lowest BCUT2D eigenvalue weighted by Crippen LogP contribution is -2.58. The first kappa shape index (κ1) is 18.6. The summed E-state index contributed by atoms with van der Waals surface area (Å²) in [5.74, 6) is 0.0442. The van der Waals surface area contributed by atoms with Crippen molar-refractivity contribution in [3.8, 4) is 5.75 Å². The number of methoxy groups -OCH3 is 1. The topological polar surface area (TPSA) is 68.2 Å². The van der Waals surface area contributed by atoms with E-state index in [1.807, 2.05) is 30.3 Å². The average Bonchev–Trinajstić information content (AvgIpc) is 2.72. The highest BCUT2D eigenvalue weighted by Gasteiger charge is 2.44. The number of rotatable bonds is 7. The van der Waals surface area contributed by atoms with Gasteiger partial charge in [0.1, 0.15) is 18.4 Å². The number of amides is 1. The highest BCUT2D eigenvalue weighted by molar-refractivity contribution is 5.93. The molecule has 1 aliphatic rings. The molecule has 6 nitrogen and oxygen atoms in total. The van der Waals surface area contributed by atoms with Gasteiger partial charge in [-0.25, -0.2) is 4.79 Å². The minimum Gasteiger partial charge on any atom is -0.489 e. The third kappa shape index (κ3) is 4.16. The number of benzene rings is 2. The number of nitrogens with zero attached hydrogens (tertiary/aromatic N) is 2. The van der Waals surface area contributed by atoms with Crippen LogP contribution in [0.5, 0.6) is 5.75 Å². The Morgan fingerprint density at radius 3 is 2.52 bits per heavy atom. The summed E-state index contributed by atoms with van der Waals surface area (Å²) in [6.45, 7) is 2.62. The number of ether oxygens (including phenoxy) is 2. The summed E-state index contributed by atoms with van der Waals surface area (Å²) in [5, 5.41) is 0. The molecule has 3 rings (SSSR count). The number of carbonyl (C=O) groups is 2. The molecule has 6 heteroatoms. The molecule has 2 atom stereocenters. The van der Waals surface area contributed by atoms with Crippen LogP contribution < -0.4 is 4.74 Å². The van der Waals surface area contributed by atoms with Crippen LogP contribution in [0.1, 0.15) is 24.1 Å². The molecule has 1 heterocycles. The Kier molecular flexibility index (Phi) is 5.86. The van der Waals surface area contributed by atoms with Crippen molar-refractivity contribution in [2.75, 3.05) is 13.7 Å². The summed E-state index contributed by atoms with van der Waals surface area (Å²) in [4.78, 5) is 30.2. The molecular weight excluding hydrogens is 344 g/mol. The van der Waals surface area contributed by atoms with Gasteiger partial charge in [0.2, 0.25) is 5.91 Å². The quantitative estimate of drug-likeness (QED) is 0.429. The van der Waals surface area contributed by atoms with Crippen molar-refractivity contribution in [3.05, 3.63) is 65.7 Å². The van der Waals surface area contributed by atoms with Crippen LogP contribution in [0, 0.1) is 0 Å². The van der Waals surface area contributed by atoms with E-state index in [1.54, 1.807) is 37.4 Å². The highest BCUT2D eigenvalue weighted by Crippen LogP contribution is 2.30. The molecule has 2 aromatic rings. The van der Waals surface area contributed by atoms with Gasteiger partial charge in [-0.3, -0.25) is 9.79 Å². The van der Waals surface area contributed by atoms with Gasteiger partial charge in [-0.2, -0.15) is 0 Å². The number of β-lactam (4-membered cyclic amide) rings is 1. The fraction of sp³-hybridized carbons (Fsp3) is 0.286. The number of hydrogen-bond acceptors (Lipinski definition) is 5. The molecule has 27 heavy (non-hydrogen) atoms. The summed E-state index contributed by atoms with van der Waals surface area (Å²) < 4.78 is 10.7. The number of hydrogen-bond donors (Lipinski definition) is 0. The zero-order chi connectivity index (χ0) is 19.2. The fourth-order valence-corrected chi connectivity index (χ4v) is 3.00. The first-order chi connectivity index (χ1) is 13.1. The van der Waals surface area contributed by atoms with Crippen molar-refractivity contribution >= 4 is 18.1 Å². The van der Waals surface area contributed by atoms with E-state index in [-0.39, 0.29) is 5.91 Å². The Balaban J connectivity index is 1.70. The number of carbonyl (C=O) groups excluding carboxylic acids is 2. The third-order valence-corrected chi connectivity index (χ3v) is 4.45. The van der Waals surface area contributed by atoms with Gasteiger partial charge in [-0.05, 0) is 36.4 Å². The Labute approximate surface area is 158 Å². The lowest BCUT2D eigenvalue weighted by Gasteiger charge is -2.40. The largest absolute Gasteiger partial charge is 0.489 e. The molecule has 0 aliphatic carbocycles. The van der Waals surface area contributed by atoms with E-state index in [0.717, 1.165) is 5.56 Å². The van der Waals surface area contributed by atoms with Gasteiger partial charge in [0.25, 0.3) is 0 Å². The van der Waals surface area contributed by atoms with Gasteiger partial charge in [-0.15, -0.1) is 0 Å². The Hall–Kier alpha value is -3.15. The second-order valence-corrected chi connectivity index (χ2v) is 6.18. The molecule has 0 aromatic heterocycles. The maximum atomic E-state index is 12.3. The molecule has 0 spiro atoms. The molecule has 0 bridgehead atoms. The van der Waals surface area contributed by atoms with Crippen LogP contribution in [0.25, 0.3) is 0 Å². The maximum absolute atomic E-state index is 12.3. The summed E-state index contributed by atoms with van der Waals surface area (Å²) in [7, 11) is 1.32. The monoisotopic (exact) mass is 366 g/mol. The molecule has 1 unspecified atom stereocenters. The summed E-state index contributed by atoms with van der Waals surface area (Å²) >= 11 is 0. The maximum Gasteiger partial charge on any atom is 0.333 e. The number of likely N-dealkylation sites (tertiary alicyclic amines) is 1. The first-order valence-electron chi connectivity index (χ1n) is 8.77. The van der Waals surface area contributed by atoms with Crippen molar-refractivity contribution < 1.29 is 19.1 Å². The van der Waals surface area contributed by atoms with Gasteiger partial charge in [-0.1, -0.05) is 42.5 Å². The predicted molar refractivity (Wildman–Crippen MR) is 102 cm³/mol. The van der Waals surface area contributed by atoms with Crippen molar-refractivity contribution in [1.82, 2.24) is 4.90 Å². The van der Waals surface area contributed by atoms with Crippen LogP contribution in [0.2, 0.25) is 0 Å². The molecule has 1 amide bonds. The predicted octanol–water partition coefficient (Wildman–Crippen LogP) is 2.78. The second-order valence-electron chi connectivity index (χ2n) is 6.18. The smallest absolute Gasteiger partial charge is 0.333 e. The van der Waals surface area contributed by atoms with E-state index < -0.39 is 18.1 Å². The van der Waals surface area contributed by atoms with E-state index in [4.69, 9.17) is 9.47 Å². The van der Waals surface area contributed by atoms with Crippen molar-refractivity contribution in [1.29, 1.82) is 0 Å². The summed E-state index contributed by atoms with van der Waals surface area (Å²) in [6, 6.07) is 15.8. The van der Waals surface area contributed by atoms with Gasteiger partial charge in [0.15, 0.2) is 6.04 Å². The summed E-state index contributed by atoms with van der Waals surface area (Å²) in [5.41, 5.74) is 1.75. The lowest BCUT2D eigenvalue weighted by molar-refractivity contribution is -0.160. The number of aliphatic imine (C=N–C) groups is 1. The Bertz CT molecular complexity index is 818. The van der Waals surface area contributed by atoms with Crippen LogP contribution in [0.15, 0.2) is 59.6 Å². The van der Waals surface area contributed by atoms with Gasteiger partial charge in [0.05, 0.1) is 13.7 Å². The normalized spacial score (nSPS) is 17.5. The molecule has 0 radical (unpaired) electrons. The molecule has 1 saturated heterocycles. The Morgan fingerprint density at radius 1 is 1.22 bits per heavy atom. The average molecular weight is 366 g/mol. The van der Waals surface area contributed by atoms with E-state index in [1.165, 1.54) is 12.0 Å². The van der Waals surface area contributed by atoms with Crippen molar-refractivity contribution in [3.63, 3.8) is 0 Å². The molecular formula is C21H22N2O4. The van der Waals surface area contributed by atoms with E-state index in [9.17, 15) is 9.59 Å². The molecule has 0 N–H and O–H groups in total. The molecule has 2 aromatic carbocycles. The van der Waals surface area contributed by atoms with Crippen LogP contribution in [0.3, 0.4) is 0 Å². The van der Waals surface area contributed by atoms with Crippen LogP contribution in [-0.2, 0) is 20.9 Å². The SMILES string of the molecule is CC=N[C@@H]1CN(C(C(=O)OC)c2ccc(OCc3ccccc3)cc2)C1=O. The minimum atomic E-state index is -0.769. The van der Waals surface area contributed by atoms with Gasteiger partial charge in [0, 0.05) is 0 Å². The van der Waals surface area contributed by atoms with Crippen LogP contribution in [0.4, 0.5) is 0 Å². The molecule has 140 valence electrons. The third-order valence-electron chi connectivity index (χ3n) is 4.45. The van der Waals surface area contributed by atoms with Gasteiger partial charge >= 0.3 is 5.97 Å². The van der Waals surface area contributed by atoms with Crippen LogP contribution >= 0.6 is 0 Å². The standard InChI is InChI=1S/C21H22N2O4/c1-3-22-18-13-23(20(18)24)19(21(25)26-2)16-9-11-17(12-10-16)27-14-15-7-5-4-6-8-15/h3-12,18-19H,13-14H2,1-2H3/t18-,19?/m1/s1. The van der Waals surface area contributed by atoms with Crippen molar-refractivity contribution in [2.45, 2.75) is 25.6 Å². The fourth-order valence-electron chi connectivity index (χ4n) is 3.00. The van der Waals surface area contributed by atoms with E-state index in [0.29, 0.717) is 24.5 Å². The summed E-state index contributed by atoms with van der Waals surface area (Å²) in [6.07, 6.45) is 1.60. The number of esters is 1. The Morgan fingerprint density at radius 2 is 1.93 bits per heavy atom. The van der Waals surface area contributed by atoms with Gasteiger partial charge < -0.3 is 14.4 Å². The zero-order valence-electron chi connectivity index (χ0n) is 15.4. The first-order valence-corrected chi connectivity index (χ1v) is 8.77. The lowest BCUT2D eigenvalue weighted by atomic mass is 9.98. The van der Waals surface area contributed by atoms with E-state index in [2.05, 4.69) is 4.99 Å². The minimum absolute atomic E-state index is 0.173. The van der Waals surface area contributed by atoms with Crippen molar-refractivity contribution in [2.24, 2.45) is 4.99 Å². The van der Waals surface area contributed by atoms with E-state index >= 15 is 0 Å². The molecule has 1 fully saturated rings. The zero-order valence-corrected chi connectivity index (χ0v) is 15.4.